The second kappa shape index (κ2) is 5.41. The van der Waals surface area contributed by atoms with Crippen molar-refractivity contribution in [2.45, 2.75) is 19.5 Å². The second-order valence-corrected chi connectivity index (χ2v) is 6.18. The Morgan fingerprint density at radius 3 is 2.89 bits per heavy atom. The van der Waals surface area contributed by atoms with E-state index in [-0.39, 0.29) is 6.04 Å². The number of halogens is 1. The van der Waals surface area contributed by atoms with Crippen molar-refractivity contribution in [3.05, 3.63) is 45.1 Å². The van der Waals surface area contributed by atoms with Crippen molar-refractivity contribution >= 4 is 22.9 Å². The molecule has 1 aromatic heterocycles. The van der Waals surface area contributed by atoms with E-state index in [9.17, 15) is 0 Å². The zero-order valence-electron chi connectivity index (χ0n) is 10.5. The molecule has 1 unspecified atom stereocenters. The van der Waals surface area contributed by atoms with Gasteiger partial charge in [-0.25, -0.2) is 0 Å². The van der Waals surface area contributed by atoms with E-state index in [0.29, 0.717) is 6.79 Å². The Bertz CT molecular complexity index is 585. The quantitative estimate of drug-likeness (QED) is 0.925. The van der Waals surface area contributed by atoms with Crippen molar-refractivity contribution in [1.82, 2.24) is 5.32 Å². The van der Waals surface area contributed by atoms with E-state index in [2.05, 4.69) is 24.4 Å². The van der Waals surface area contributed by atoms with Gasteiger partial charge in [-0.2, -0.15) is 0 Å². The minimum absolute atomic E-state index is 0.280. The Balaban J connectivity index is 1.63. The maximum atomic E-state index is 5.95. The van der Waals surface area contributed by atoms with Crippen LogP contribution in [0.2, 0.25) is 4.34 Å². The smallest absolute Gasteiger partial charge is 0.231 e. The highest BCUT2D eigenvalue weighted by molar-refractivity contribution is 7.16. The van der Waals surface area contributed by atoms with Crippen LogP contribution in [-0.2, 0) is 6.54 Å². The van der Waals surface area contributed by atoms with Crippen LogP contribution in [0.4, 0.5) is 0 Å². The highest BCUT2D eigenvalue weighted by Gasteiger charge is 2.13. The predicted octanol–water partition coefficient (Wildman–Crippen LogP) is 3.98. The average molecular weight is 296 g/mol. The first-order valence-electron chi connectivity index (χ1n) is 6.09. The largest absolute Gasteiger partial charge is 0.454 e. The Labute approximate surface area is 121 Å². The molecule has 2 aromatic rings. The minimum atomic E-state index is 0.280. The van der Waals surface area contributed by atoms with Crippen molar-refractivity contribution in [1.29, 1.82) is 0 Å². The van der Waals surface area contributed by atoms with Crippen LogP contribution in [0.25, 0.3) is 0 Å². The van der Waals surface area contributed by atoms with Gasteiger partial charge in [0.2, 0.25) is 6.79 Å². The lowest BCUT2D eigenvalue weighted by Gasteiger charge is -2.12. The number of hydrogen-bond acceptors (Lipinski definition) is 4. The Morgan fingerprint density at radius 2 is 2.11 bits per heavy atom. The van der Waals surface area contributed by atoms with Crippen LogP contribution in [0.5, 0.6) is 11.5 Å². The lowest BCUT2D eigenvalue weighted by Crippen LogP contribution is -2.17. The summed E-state index contributed by atoms with van der Waals surface area (Å²) in [6.45, 7) is 3.23. The van der Waals surface area contributed by atoms with Gasteiger partial charge in [-0.1, -0.05) is 17.7 Å². The van der Waals surface area contributed by atoms with Gasteiger partial charge < -0.3 is 14.8 Å². The fourth-order valence-electron chi connectivity index (χ4n) is 1.98. The van der Waals surface area contributed by atoms with Crippen molar-refractivity contribution in [2.75, 3.05) is 6.79 Å². The van der Waals surface area contributed by atoms with Gasteiger partial charge in [0.15, 0.2) is 11.5 Å². The molecule has 3 nitrogen and oxygen atoms in total. The fourth-order valence-corrected chi connectivity index (χ4v) is 3.07. The Morgan fingerprint density at radius 1 is 1.26 bits per heavy atom. The summed E-state index contributed by atoms with van der Waals surface area (Å²) in [5.74, 6) is 1.65. The van der Waals surface area contributed by atoms with E-state index in [0.717, 1.165) is 22.4 Å². The van der Waals surface area contributed by atoms with E-state index in [1.807, 2.05) is 18.2 Å². The summed E-state index contributed by atoms with van der Waals surface area (Å²) in [5.41, 5.74) is 1.18. The van der Waals surface area contributed by atoms with Gasteiger partial charge in [-0.3, -0.25) is 0 Å². The third kappa shape index (κ3) is 2.86. The highest BCUT2D eigenvalue weighted by Crippen LogP contribution is 2.32. The van der Waals surface area contributed by atoms with Crippen LogP contribution in [0.3, 0.4) is 0 Å². The molecular weight excluding hydrogens is 282 g/mol. The van der Waals surface area contributed by atoms with Gasteiger partial charge in [-0.15, -0.1) is 11.3 Å². The van der Waals surface area contributed by atoms with E-state index < -0.39 is 0 Å². The molecule has 0 saturated carbocycles. The molecule has 3 rings (SSSR count). The molecule has 1 aromatic carbocycles. The molecule has 0 fully saturated rings. The first-order chi connectivity index (χ1) is 9.22. The molecule has 19 heavy (non-hydrogen) atoms. The maximum Gasteiger partial charge on any atom is 0.231 e. The molecule has 0 radical (unpaired) electrons. The summed E-state index contributed by atoms with van der Waals surface area (Å²) in [4.78, 5) is 1.24. The SMILES string of the molecule is CC(NCc1ccc2c(c1)OCO2)c1ccc(Cl)s1. The molecule has 1 aliphatic rings. The number of benzene rings is 1. The number of fused-ring (bicyclic) bond motifs is 1. The molecule has 100 valence electrons. The average Bonchev–Trinajstić information content (AvgIpc) is 3.03. The molecule has 0 amide bonds. The zero-order chi connectivity index (χ0) is 13.2. The topological polar surface area (TPSA) is 30.5 Å². The number of ether oxygens (including phenoxy) is 2. The molecule has 0 bridgehead atoms. The fraction of sp³-hybridized carbons (Fsp3) is 0.286. The first-order valence-corrected chi connectivity index (χ1v) is 7.29. The standard InChI is InChI=1S/C14H14ClNO2S/c1-9(13-4-5-14(15)19-13)16-7-10-2-3-11-12(6-10)18-8-17-11/h2-6,9,16H,7-8H2,1H3. The summed E-state index contributed by atoms with van der Waals surface area (Å²) >= 11 is 7.56. The Kier molecular flexibility index (Phi) is 3.64. The van der Waals surface area contributed by atoms with Crippen molar-refractivity contribution in [3.8, 4) is 11.5 Å². The van der Waals surface area contributed by atoms with E-state index in [4.69, 9.17) is 21.1 Å². The molecule has 0 saturated heterocycles. The van der Waals surface area contributed by atoms with Gasteiger partial charge in [0.1, 0.15) is 0 Å². The minimum Gasteiger partial charge on any atom is -0.454 e. The molecule has 1 atom stereocenters. The van der Waals surface area contributed by atoms with Crippen LogP contribution in [0.15, 0.2) is 30.3 Å². The van der Waals surface area contributed by atoms with Gasteiger partial charge in [0.05, 0.1) is 4.34 Å². The number of hydrogen-bond donors (Lipinski definition) is 1. The lowest BCUT2D eigenvalue weighted by atomic mass is 10.2. The summed E-state index contributed by atoms with van der Waals surface area (Å²) < 4.78 is 11.5. The molecule has 1 aliphatic heterocycles. The van der Waals surface area contributed by atoms with Crippen molar-refractivity contribution in [3.63, 3.8) is 0 Å². The van der Waals surface area contributed by atoms with Crippen LogP contribution in [-0.4, -0.2) is 6.79 Å². The maximum absolute atomic E-state index is 5.95. The molecule has 0 aliphatic carbocycles. The summed E-state index contributed by atoms with van der Waals surface area (Å²) in [7, 11) is 0. The van der Waals surface area contributed by atoms with Crippen molar-refractivity contribution < 1.29 is 9.47 Å². The normalized spacial score (nSPS) is 14.6. The lowest BCUT2D eigenvalue weighted by molar-refractivity contribution is 0.174. The number of rotatable bonds is 4. The summed E-state index contributed by atoms with van der Waals surface area (Å²) in [5, 5.41) is 3.48. The predicted molar refractivity (Wildman–Crippen MR) is 77.1 cm³/mol. The number of nitrogens with one attached hydrogen (secondary N) is 1. The molecule has 0 spiro atoms. The van der Waals surface area contributed by atoms with Crippen molar-refractivity contribution in [2.24, 2.45) is 0 Å². The van der Waals surface area contributed by atoms with Gasteiger partial charge in [-0.05, 0) is 36.8 Å². The molecular formula is C14H14ClNO2S. The summed E-state index contributed by atoms with van der Waals surface area (Å²) in [6, 6.07) is 10.3. The molecule has 2 heterocycles. The monoisotopic (exact) mass is 295 g/mol. The van der Waals surface area contributed by atoms with Gasteiger partial charge in [0, 0.05) is 17.5 Å². The zero-order valence-corrected chi connectivity index (χ0v) is 12.1. The third-order valence-corrected chi connectivity index (χ3v) is 4.48. The third-order valence-electron chi connectivity index (χ3n) is 3.07. The Hall–Kier alpha value is -1.23. The first kappa shape index (κ1) is 12.8. The number of thiophene rings is 1. The second-order valence-electron chi connectivity index (χ2n) is 4.43. The van der Waals surface area contributed by atoms with Crippen LogP contribution in [0, 0.1) is 0 Å². The van der Waals surface area contributed by atoms with Gasteiger partial charge in [0.25, 0.3) is 0 Å². The van der Waals surface area contributed by atoms with E-state index >= 15 is 0 Å². The van der Waals surface area contributed by atoms with Gasteiger partial charge >= 0.3 is 0 Å². The molecule has 5 heteroatoms. The summed E-state index contributed by atoms with van der Waals surface area (Å²) in [6.07, 6.45) is 0. The highest BCUT2D eigenvalue weighted by atomic mass is 35.5. The van der Waals surface area contributed by atoms with Crippen LogP contribution < -0.4 is 14.8 Å². The van der Waals surface area contributed by atoms with Crippen LogP contribution >= 0.6 is 22.9 Å². The van der Waals surface area contributed by atoms with E-state index in [1.165, 1.54) is 10.4 Å². The van der Waals surface area contributed by atoms with Crippen LogP contribution in [0.1, 0.15) is 23.4 Å². The van der Waals surface area contributed by atoms with E-state index in [1.54, 1.807) is 11.3 Å². The molecule has 1 N–H and O–H groups in total.